The summed E-state index contributed by atoms with van der Waals surface area (Å²) in [6.45, 7) is 4.79. The summed E-state index contributed by atoms with van der Waals surface area (Å²) in [4.78, 5) is 11.7. The molecule has 0 heterocycles. The molecule has 0 aliphatic rings. The number of amides is 1. The first-order chi connectivity index (χ1) is 9.12. The zero-order valence-corrected chi connectivity index (χ0v) is 12.2. The molecule has 1 N–H and O–H groups in total. The van der Waals surface area contributed by atoms with Crippen molar-refractivity contribution in [3.8, 4) is 11.5 Å². The van der Waals surface area contributed by atoms with Gasteiger partial charge in [0.2, 0.25) is 5.91 Å². The van der Waals surface area contributed by atoms with Gasteiger partial charge in [-0.1, -0.05) is 19.9 Å². The molecule has 0 spiro atoms. The average molecular weight is 265 g/mol. The number of hydrogen-bond acceptors (Lipinski definition) is 3. The Balaban J connectivity index is 2.75. The van der Waals surface area contributed by atoms with Crippen molar-refractivity contribution >= 4 is 5.91 Å². The lowest BCUT2D eigenvalue weighted by atomic mass is 9.96. The van der Waals surface area contributed by atoms with Crippen molar-refractivity contribution < 1.29 is 14.3 Å². The summed E-state index contributed by atoms with van der Waals surface area (Å²) in [7, 11) is 3.25. The third-order valence-corrected chi connectivity index (χ3v) is 3.04. The number of ether oxygens (including phenoxy) is 2. The van der Waals surface area contributed by atoms with Gasteiger partial charge in [0.25, 0.3) is 0 Å². The molecule has 0 radical (unpaired) electrons. The molecule has 4 heteroatoms. The van der Waals surface area contributed by atoms with Crippen LogP contribution in [0, 0.1) is 0 Å². The molecular formula is C15H23NO3. The minimum absolute atomic E-state index is 0.0761. The summed E-state index contributed by atoms with van der Waals surface area (Å²) in [6, 6.07) is 5.68. The van der Waals surface area contributed by atoms with Gasteiger partial charge in [0.15, 0.2) is 0 Å². The van der Waals surface area contributed by atoms with E-state index in [-0.39, 0.29) is 11.8 Å². The normalized spacial score (nSPS) is 11.8. The van der Waals surface area contributed by atoms with Crippen molar-refractivity contribution in [2.45, 2.75) is 32.6 Å². The molecule has 0 aliphatic heterocycles. The van der Waals surface area contributed by atoms with E-state index in [0.29, 0.717) is 6.42 Å². The summed E-state index contributed by atoms with van der Waals surface area (Å²) in [5, 5.41) is 2.89. The molecule has 0 aliphatic carbocycles. The Labute approximate surface area is 115 Å². The molecule has 1 unspecified atom stereocenters. The summed E-state index contributed by atoms with van der Waals surface area (Å²) >= 11 is 0. The van der Waals surface area contributed by atoms with Crippen LogP contribution in [0.15, 0.2) is 18.2 Å². The fourth-order valence-corrected chi connectivity index (χ4v) is 1.95. The minimum Gasteiger partial charge on any atom is -0.497 e. The number of nitrogens with one attached hydrogen (secondary N) is 1. The lowest BCUT2D eigenvalue weighted by molar-refractivity contribution is -0.121. The molecule has 1 amide bonds. The van der Waals surface area contributed by atoms with Gasteiger partial charge in [-0.05, 0) is 24.0 Å². The van der Waals surface area contributed by atoms with E-state index in [1.807, 2.05) is 32.0 Å². The summed E-state index contributed by atoms with van der Waals surface area (Å²) in [5.41, 5.74) is 1.02. The third kappa shape index (κ3) is 4.47. The molecule has 0 saturated carbocycles. The van der Waals surface area contributed by atoms with Gasteiger partial charge in [-0.3, -0.25) is 4.79 Å². The van der Waals surface area contributed by atoms with Crippen LogP contribution in [0.5, 0.6) is 11.5 Å². The van der Waals surface area contributed by atoms with Crippen LogP contribution in [0.2, 0.25) is 0 Å². The Morgan fingerprint density at radius 3 is 2.63 bits per heavy atom. The van der Waals surface area contributed by atoms with Crippen LogP contribution in [-0.4, -0.2) is 26.7 Å². The second-order valence-electron chi connectivity index (χ2n) is 4.56. The second-order valence-corrected chi connectivity index (χ2v) is 4.56. The molecule has 0 saturated heterocycles. The maximum atomic E-state index is 11.7. The van der Waals surface area contributed by atoms with E-state index < -0.39 is 0 Å². The molecular weight excluding hydrogens is 242 g/mol. The fourth-order valence-electron chi connectivity index (χ4n) is 1.95. The molecule has 0 fully saturated rings. The van der Waals surface area contributed by atoms with Crippen LogP contribution in [0.1, 0.15) is 38.2 Å². The number of rotatable bonds is 7. The highest BCUT2D eigenvalue weighted by atomic mass is 16.5. The van der Waals surface area contributed by atoms with Crippen LogP contribution in [-0.2, 0) is 4.79 Å². The molecule has 19 heavy (non-hydrogen) atoms. The summed E-state index contributed by atoms with van der Waals surface area (Å²) in [5.74, 6) is 1.70. The van der Waals surface area contributed by atoms with E-state index in [1.54, 1.807) is 14.2 Å². The quantitative estimate of drug-likeness (QED) is 0.824. The zero-order valence-electron chi connectivity index (χ0n) is 12.2. The van der Waals surface area contributed by atoms with Crippen molar-refractivity contribution in [3.63, 3.8) is 0 Å². The Morgan fingerprint density at radius 1 is 1.32 bits per heavy atom. The summed E-state index contributed by atoms with van der Waals surface area (Å²) < 4.78 is 10.5. The number of carbonyl (C=O) groups excluding carboxylic acids is 1. The lowest BCUT2D eigenvalue weighted by Gasteiger charge is -2.16. The number of benzene rings is 1. The van der Waals surface area contributed by atoms with Crippen LogP contribution in [0.3, 0.4) is 0 Å². The van der Waals surface area contributed by atoms with Gasteiger partial charge >= 0.3 is 0 Å². The SMILES string of the molecule is CCCNC(=O)CC(C)c1ccc(OC)cc1OC. The maximum absolute atomic E-state index is 11.7. The standard InChI is InChI=1S/C15H23NO3/c1-5-8-16-15(17)9-11(2)13-7-6-12(18-3)10-14(13)19-4/h6-7,10-11H,5,8-9H2,1-4H3,(H,16,17). The van der Waals surface area contributed by atoms with Gasteiger partial charge in [-0.15, -0.1) is 0 Å². The second kappa shape index (κ2) is 7.67. The molecule has 0 aromatic heterocycles. The predicted molar refractivity (Wildman–Crippen MR) is 75.9 cm³/mol. The van der Waals surface area contributed by atoms with E-state index >= 15 is 0 Å². The molecule has 1 rings (SSSR count). The average Bonchev–Trinajstić information content (AvgIpc) is 2.44. The molecule has 1 aromatic carbocycles. The van der Waals surface area contributed by atoms with Crippen molar-refractivity contribution in [3.05, 3.63) is 23.8 Å². The fraction of sp³-hybridized carbons (Fsp3) is 0.533. The highest BCUT2D eigenvalue weighted by molar-refractivity contribution is 5.77. The molecule has 0 bridgehead atoms. The zero-order chi connectivity index (χ0) is 14.3. The third-order valence-electron chi connectivity index (χ3n) is 3.04. The Bertz CT molecular complexity index is 418. The molecule has 1 aromatic rings. The molecule has 106 valence electrons. The maximum Gasteiger partial charge on any atom is 0.220 e. The first kappa shape index (κ1) is 15.3. The first-order valence-electron chi connectivity index (χ1n) is 6.61. The van der Waals surface area contributed by atoms with Gasteiger partial charge in [0.1, 0.15) is 11.5 Å². The van der Waals surface area contributed by atoms with Crippen molar-refractivity contribution in [1.82, 2.24) is 5.32 Å². The van der Waals surface area contributed by atoms with Crippen molar-refractivity contribution in [2.24, 2.45) is 0 Å². The molecule has 1 atom stereocenters. The van der Waals surface area contributed by atoms with Crippen LogP contribution in [0.25, 0.3) is 0 Å². The van der Waals surface area contributed by atoms with E-state index in [9.17, 15) is 4.79 Å². The molecule has 4 nitrogen and oxygen atoms in total. The van der Waals surface area contributed by atoms with E-state index in [0.717, 1.165) is 30.0 Å². The highest BCUT2D eigenvalue weighted by Crippen LogP contribution is 2.31. The number of carbonyl (C=O) groups is 1. The van der Waals surface area contributed by atoms with Crippen LogP contribution in [0.4, 0.5) is 0 Å². The minimum atomic E-state index is 0.0761. The Morgan fingerprint density at radius 2 is 2.05 bits per heavy atom. The Hall–Kier alpha value is -1.71. The van der Waals surface area contributed by atoms with Crippen LogP contribution < -0.4 is 14.8 Å². The van der Waals surface area contributed by atoms with Crippen LogP contribution >= 0.6 is 0 Å². The largest absolute Gasteiger partial charge is 0.497 e. The smallest absolute Gasteiger partial charge is 0.220 e. The van der Waals surface area contributed by atoms with Gasteiger partial charge in [-0.2, -0.15) is 0 Å². The van der Waals surface area contributed by atoms with Gasteiger partial charge in [0.05, 0.1) is 14.2 Å². The monoisotopic (exact) mass is 265 g/mol. The highest BCUT2D eigenvalue weighted by Gasteiger charge is 2.15. The van der Waals surface area contributed by atoms with E-state index in [1.165, 1.54) is 0 Å². The van der Waals surface area contributed by atoms with E-state index in [4.69, 9.17) is 9.47 Å². The van der Waals surface area contributed by atoms with E-state index in [2.05, 4.69) is 5.32 Å². The first-order valence-corrected chi connectivity index (χ1v) is 6.61. The van der Waals surface area contributed by atoms with Crippen molar-refractivity contribution in [1.29, 1.82) is 0 Å². The van der Waals surface area contributed by atoms with Crippen molar-refractivity contribution in [2.75, 3.05) is 20.8 Å². The van der Waals surface area contributed by atoms with Gasteiger partial charge in [0, 0.05) is 19.0 Å². The Kier molecular flexibility index (Phi) is 6.19. The topological polar surface area (TPSA) is 47.6 Å². The number of hydrogen-bond donors (Lipinski definition) is 1. The van der Waals surface area contributed by atoms with Gasteiger partial charge in [-0.25, -0.2) is 0 Å². The lowest BCUT2D eigenvalue weighted by Crippen LogP contribution is -2.25. The summed E-state index contributed by atoms with van der Waals surface area (Å²) in [6.07, 6.45) is 1.41. The van der Waals surface area contributed by atoms with Gasteiger partial charge < -0.3 is 14.8 Å². The number of methoxy groups -OCH3 is 2. The predicted octanol–water partition coefficient (Wildman–Crippen LogP) is 2.72.